The predicted octanol–water partition coefficient (Wildman–Crippen LogP) is 0.956. The van der Waals surface area contributed by atoms with E-state index >= 15 is 0 Å². The van der Waals surface area contributed by atoms with Crippen molar-refractivity contribution in [2.45, 2.75) is 64.5 Å². The summed E-state index contributed by atoms with van der Waals surface area (Å²) < 4.78 is 11.9. The molecule has 0 aromatic heterocycles. The predicted molar refractivity (Wildman–Crippen MR) is 83.5 cm³/mol. The molecule has 2 fully saturated rings. The van der Waals surface area contributed by atoms with Gasteiger partial charge in [0.05, 0.1) is 31.5 Å². The topological polar surface area (TPSA) is 45.2 Å². The average molecular weight is 300 g/mol. The fourth-order valence-electron chi connectivity index (χ4n) is 3.26. The Balaban J connectivity index is 1.88. The molecule has 1 N–H and O–H groups in total. The third-order valence-electron chi connectivity index (χ3n) is 4.62. The minimum absolute atomic E-state index is 0.0593. The lowest BCUT2D eigenvalue weighted by atomic mass is 10.1. The second-order valence-electron chi connectivity index (χ2n) is 6.93. The third-order valence-corrected chi connectivity index (χ3v) is 4.62. The number of hydrogen-bond acceptors (Lipinski definition) is 5. The van der Waals surface area contributed by atoms with Crippen molar-refractivity contribution in [3.05, 3.63) is 0 Å². The van der Waals surface area contributed by atoms with Crippen molar-refractivity contribution in [1.29, 1.82) is 0 Å². The van der Waals surface area contributed by atoms with Crippen LogP contribution >= 0.6 is 0 Å². The maximum atomic E-state index is 9.44. The third kappa shape index (κ3) is 4.89. The molecule has 21 heavy (non-hydrogen) atoms. The number of aliphatic hydroxyl groups excluding tert-OH is 1. The molecule has 2 rings (SSSR count). The first-order chi connectivity index (χ1) is 9.99. The van der Waals surface area contributed by atoms with E-state index in [4.69, 9.17) is 9.47 Å². The highest BCUT2D eigenvalue weighted by molar-refractivity contribution is 4.84. The fraction of sp³-hybridized carbons (Fsp3) is 1.00. The van der Waals surface area contributed by atoms with E-state index in [1.165, 1.54) is 0 Å². The van der Waals surface area contributed by atoms with E-state index in [1.807, 2.05) is 0 Å². The van der Waals surface area contributed by atoms with E-state index < -0.39 is 0 Å². The lowest BCUT2D eigenvalue weighted by Crippen LogP contribution is -2.53. The SMILES string of the molecule is CC(C)N1CCOC(CC2CN(C(C)C)CC(CO)O2)C1. The molecule has 0 bridgehead atoms. The molecular formula is C16H32N2O3. The zero-order valence-corrected chi connectivity index (χ0v) is 14.0. The molecule has 2 aliphatic rings. The minimum atomic E-state index is -0.0593. The van der Waals surface area contributed by atoms with Gasteiger partial charge in [-0.1, -0.05) is 0 Å². The van der Waals surface area contributed by atoms with Gasteiger partial charge in [0.2, 0.25) is 0 Å². The molecule has 3 atom stereocenters. The number of ether oxygens (including phenoxy) is 2. The summed E-state index contributed by atoms with van der Waals surface area (Å²) in [5, 5.41) is 9.44. The zero-order valence-electron chi connectivity index (χ0n) is 14.0. The van der Waals surface area contributed by atoms with Gasteiger partial charge >= 0.3 is 0 Å². The summed E-state index contributed by atoms with van der Waals surface area (Å²) in [6, 6.07) is 1.06. The molecule has 0 amide bonds. The highest BCUT2D eigenvalue weighted by Crippen LogP contribution is 2.20. The van der Waals surface area contributed by atoms with Gasteiger partial charge in [0.15, 0.2) is 0 Å². The maximum absolute atomic E-state index is 9.44. The molecule has 2 aliphatic heterocycles. The van der Waals surface area contributed by atoms with Gasteiger partial charge in [-0.05, 0) is 27.7 Å². The maximum Gasteiger partial charge on any atom is 0.0936 e. The molecule has 0 spiro atoms. The van der Waals surface area contributed by atoms with E-state index in [9.17, 15) is 5.11 Å². The Kier molecular flexibility index (Phi) is 6.44. The first-order valence-electron chi connectivity index (χ1n) is 8.35. The van der Waals surface area contributed by atoms with Crippen LogP contribution in [0.1, 0.15) is 34.1 Å². The molecule has 0 aromatic carbocycles. The van der Waals surface area contributed by atoms with E-state index in [-0.39, 0.29) is 24.9 Å². The van der Waals surface area contributed by atoms with Crippen LogP contribution in [-0.4, -0.2) is 84.7 Å². The molecule has 5 heteroatoms. The molecule has 5 nitrogen and oxygen atoms in total. The molecule has 2 heterocycles. The largest absolute Gasteiger partial charge is 0.394 e. The van der Waals surface area contributed by atoms with Crippen molar-refractivity contribution in [3.63, 3.8) is 0 Å². The van der Waals surface area contributed by atoms with Gasteiger partial charge < -0.3 is 14.6 Å². The summed E-state index contributed by atoms with van der Waals surface area (Å²) in [4.78, 5) is 4.87. The van der Waals surface area contributed by atoms with Crippen LogP contribution in [0.3, 0.4) is 0 Å². The number of nitrogens with zero attached hydrogens (tertiary/aromatic N) is 2. The highest BCUT2D eigenvalue weighted by atomic mass is 16.5. The summed E-state index contributed by atoms with van der Waals surface area (Å²) in [5.74, 6) is 0. The summed E-state index contributed by atoms with van der Waals surface area (Å²) >= 11 is 0. The Morgan fingerprint density at radius 3 is 2.19 bits per heavy atom. The number of morpholine rings is 2. The van der Waals surface area contributed by atoms with Crippen molar-refractivity contribution in [2.24, 2.45) is 0 Å². The van der Waals surface area contributed by atoms with Crippen molar-refractivity contribution in [2.75, 3.05) is 39.4 Å². The second kappa shape index (κ2) is 7.88. The standard InChI is InChI=1S/C16H32N2O3/c1-12(2)17-5-6-20-14(8-17)7-15-9-18(13(3)4)10-16(11-19)21-15/h12-16,19H,5-11H2,1-4H3. The van der Waals surface area contributed by atoms with Crippen molar-refractivity contribution in [3.8, 4) is 0 Å². The molecular weight excluding hydrogens is 268 g/mol. The lowest BCUT2D eigenvalue weighted by molar-refractivity contribution is -0.134. The Bertz CT molecular complexity index is 312. The van der Waals surface area contributed by atoms with Crippen LogP contribution in [0.5, 0.6) is 0 Å². The summed E-state index contributed by atoms with van der Waals surface area (Å²) in [7, 11) is 0. The normalized spacial score (nSPS) is 33.0. The van der Waals surface area contributed by atoms with Crippen LogP contribution in [0, 0.1) is 0 Å². The number of aliphatic hydroxyl groups is 1. The first kappa shape index (κ1) is 17.2. The van der Waals surface area contributed by atoms with E-state index in [2.05, 4.69) is 37.5 Å². The van der Waals surface area contributed by atoms with E-state index in [1.54, 1.807) is 0 Å². The zero-order chi connectivity index (χ0) is 15.4. The Labute approximate surface area is 129 Å². The van der Waals surface area contributed by atoms with E-state index in [0.717, 1.165) is 39.2 Å². The van der Waals surface area contributed by atoms with Crippen LogP contribution in [0.4, 0.5) is 0 Å². The average Bonchev–Trinajstić information content (AvgIpc) is 2.47. The van der Waals surface area contributed by atoms with Crippen molar-refractivity contribution < 1.29 is 14.6 Å². The molecule has 3 unspecified atom stereocenters. The summed E-state index contributed by atoms with van der Waals surface area (Å²) in [5.41, 5.74) is 0. The van der Waals surface area contributed by atoms with Crippen LogP contribution in [-0.2, 0) is 9.47 Å². The quantitative estimate of drug-likeness (QED) is 0.819. The first-order valence-corrected chi connectivity index (χ1v) is 8.35. The van der Waals surface area contributed by atoms with Gasteiger partial charge in [-0.25, -0.2) is 0 Å². The molecule has 124 valence electrons. The van der Waals surface area contributed by atoms with Gasteiger partial charge in [0.1, 0.15) is 0 Å². The summed E-state index contributed by atoms with van der Waals surface area (Å²) in [6.07, 6.45) is 1.27. The van der Waals surface area contributed by atoms with Gasteiger partial charge in [0.25, 0.3) is 0 Å². The second-order valence-corrected chi connectivity index (χ2v) is 6.93. The fourth-order valence-corrected chi connectivity index (χ4v) is 3.26. The van der Waals surface area contributed by atoms with Crippen LogP contribution in [0.15, 0.2) is 0 Å². The van der Waals surface area contributed by atoms with Gasteiger partial charge in [-0.3, -0.25) is 9.80 Å². The van der Waals surface area contributed by atoms with Crippen molar-refractivity contribution in [1.82, 2.24) is 9.80 Å². The highest BCUT2D eigenvalue weighted by Gasteiger charge is 2.32. The monoisotopic (exact) mass is 300 g/mol. The molecule has 0 saturated carbocycles. The molecule has 2 saturated heterocycles. The Morgan fingerprint density at radius 1 is 0.952 bits per heavy atom. The van der Waals surface area contributed by atoms with E-state index in [0.29, 0.717) is 12.1 Å². The lowest BCUT2D eigenvalue weighted by Gasteiger charge is -2.42. The molecule has 0 aromatic rings. The summed E-state index contributed by atoms with van der Waals surface area (Å²) in [6.45, 7) is 13.6. The Morgan fingerprint density at radius 2 is 1.57 bits per heavy atom. The smallest absolute Gasteiger partial charge is 0.0936 e. The van der Waals surface area contributed by atoms with Crippen LogP contribution < -0.4 is 0 Å². The molecule has 0 aliphatic carbocycles. The van der Waals surface area contributed by atoms with Crippen LogP contribution in [0.25, 0.3) is 0 Å². The Hall–Kier alpha value is -0.200. The number of rotatable bonds is 5. The molecule has 0 radical (unpaired) electrons. The van der Waals surface area contributed by atoms with Crippen LogP contribution in [0.2, 0.25) is 0 Å². The number of hydrogen-bond donors (Lipinski definition) is 1. The van der Waals surface area contributed by atoms with Gasteiger partial charge in [0, 0.05) is 44.7 Å². The van der Waals surface area contributed by atoms with Crippen molar-refractivity contribution >= 4 is 0 Å². The minimum Gasteiger partial charge on any atom is -0.394 e. The van der Waals surface area contributed by atoms with Gasteiger partial charge in [-0.15, -0.1) is 0 Å². The van der Waals surface area contributed by atoms with Gasteiger partial charge in [-0.2, -0.15) is 0 Å².